The number of nitrogens with zero attached hydrogens (tertiary/aromatic N) is 2. The van der Waals surface area contributed by atoms with Crippen LogP contribution in [0.25, 0.3) is 0 Å². The highest BCUT2D eigenvalue weighted by atomic mass is 127. The Balaban J connectivity index is 0.00000288. The number of halogens is 2. The van der Waals surface area contributed by atoms with Gasteiger partial charge >= 0.3 is 0 Å². The molecule has 1 aliphatic rings. The van der Waals surface area contributed by atoms with Gasteiger partial charge in [0.1, 0.15) is 0 Å². The van der Waals surface area contributed by atoms with Crippen molar-refractivity contribution in [1.29, 1.82) is 0 Å². The van der Waals surface area contributed by atoms with Crippen LogP contribution in [0.5, 0.6) is 0 Å². The Morgan fingerprint density at radius 2 is 2.12 bits per heavy atom. The molecule has 136 valence electrons. The van der Waals surface area contributed by atoms with Crippen molar-refractivity contribution < 1.29 is 4.79 Å². The van der Waals surface area contributed by atoms with E-state index in [9.17, 15) is 4.79 Å². The quantitative estimate of drug-likeness (QED) is 0.349. The van der Waals surface area contributed by atoms with E-state index >= 15 is 0 Å². The summed E-state index contributed by atoms with van der Waals surface area (Å²) in [7, 11) is 1.70. The molecule has 1 aliphatic heterocycles. The molecule has 5 nitrogen and oxygen atoms in total. The Morgan fingerprint density at radius 1 is 1.42 bits per heavy atom. The summed E-state index contributed by atoms with van der Waals surface area (Å²) in [5.74, 6) is 1.62. The van der Waals surface area contributed by atoms with E-state index in [2.05, 4.69) is 50.5 Å². The first-order valence-corrected chi connectivity index (χ1v) is 9.71. The van der Waals surface area contributed by atoms with Crippen LogP contribution >= 0.6 is 51.2 Å². The highest BCUT2D eigenvalue weighted by Gasteiger charge is 2.23. The van der Waals surface area contributed by atoms with Crippen LogP contribution in [0.4, 0.5) is 0 Å². The molecule has 2 rings (SSSR count). The minimum atomic E-state index is 0. The zero-order valence-electron chi connectivity index (χ0n) is 14.2. The summed E-state index contributed by atoms with van der Waals surface area (Å²) in [4.78, 5) is 19.8. The number of guanidine groups is 1. The highest BCUT2D eigenvalue weighted by Crippen LogP contribution is 2.23. The van der Waals surface area contributed by atoms with Crippen molar-refractivity contribution in [3.8, 4) is 0 Å². The van der Waals surface area contributed by atoms with Crippen LogP contribution in [-0.2, 0) is 11.3 Å². The third-order valence-corrected chi connectivity index (χ3v) is 5.62. The van der Waals surface area contributed by atoms with Gasteiger partial charge in [0.15, 0.2) is 5.96 Å². The van der Waals surface area contributed by atoms with Crippen LogP contribution in [0.3, 0.4) is 0 Å². The molecule has 2 heterocycles. The van der Waals surface area contributed by atoms with Crippen molar-refractivity contribution in [1.82, 2.24) is 15.5 Å². The predicted octanol–water partition coefficient (Wildman–Crippen LogP) is 3.44. The van der Waals surface area contributed by atoms with E-state index in [1.165, 1.54) is 4.88 Å². The Morgan fingerprint density at radius 3 is 2.67 bits per heavy atom. The van der Waals surface area contributed by atoms with Gasteiger partial charge in [-0.3, -0.25) is 4.79 Å². The number of amides is 1. The number of carbonyl (C=O) groups excluding carboxylic acids is 1. The van der Waals surface area contributed by atoms with Crippen LogP contribution in [0.1, 0.15) is 31.1 Å². The molecule has 0 spiro atoms. The van der Waals surface area contributed by atoms with Crippen molar-refractivity contribution >= 4 is 63.1 Å². The van der Waals surface area contributed by atoms with E-state index in [0.29, 0.717) is 18.9 Å². The van der Waals surface area contributed by atoms with Gasteiger partial charge in [0.25, 0.3) is 0 Å². The van der Waals surface area contributed by atoms with Gasteiger partial charge in [-0.15, -0.1) is 35.3 Å². The van der Waals surface area contributed by atoms with E-state index in [-0.39, 0.29) is 29.9 Å². The lowest BCUT2D eigenvalue weighted by molar-refractivity contribution is -0.121. The van der Waals surface area contributed by atoms with Crippen molar-refractivity contribution in [3.05, 3.63) is 20.8 Å². The van der Waals surface area contributed by atoms with Crippen LogP contribution in [-0.4, -0.2) is 43.4 Å². The summed E-state index contributed by atoms with van der Waals surface area (Å²) < 4.78 is 1.14. The number of carbonyl (C=O) groups is 1. The van der Waals surface area contributed by atoms with Crippen molar-refractivity contribution in [3.63, 3.8) is 0 Å². The number of likely N-dealkylation sites (tertiary alicyclic amines) is 1. The molecule has 1 saturated heterocycles. The summed E-state index contributed by atoms with van der Waals surface area (Å²) in [6.45, 7) is 5.58. The van der Waals surface area contributed by atoms with E-state index in [1.807, 2.05) is 0 Å². The first kappa shape index (κ1) is 21.7. The summed E-state index contributed by atoms with van der Waals surface area (Å²) in [6.07, 6.45) is 2.73. The zero-order chi connectivity index (χ0) is 16.7. The molecular formula is C16H26BrIN4OS. The van der Waals surface area contributed by atoms with Crippen molar-refractivity contribution in [2.75, 3.05) is 26.7 Å². The average Bonchev–Trinajstić information content (AvgIpc) is 2.97. The van der Waals surface area contributed by atoms with Crippen LogP contribution in [0.15, 0.2) is 20.9 Å². The minimum Gasteiger partial charge on any atom is -0.359 e. The van der Waals surface area contributed by atoms with Gasteiger partial charge in [-0.05, 0) is 53.7 Å². The standard InChI is InChI=1S/C16H25BrN4OS.HI/c1-3-19-16(20-11-13-4-5-14(17)23-13)21-8-6-12(7-9-21)10-15(22)18-2;/h4-5,12H,3,6-11H2,1-2H3,(H,18,22)(H,19,20);1H. The Kier molecular flexibility index (Phi) is 10.2. The lowest BCUT2D eigenvalue weighted by Gasteiger charge is -2.34. The molecule has 0 aliphatic carbocycles. The minimum absolute atomic E-state index is 0. The maximum absolute atomic E-state index is 11.5. The largest absolute Gasteiger partial charge is 0.359 e. The first-order valence-electron chi connectivity index (χ1n) is 8.10. The number of piperidine rings is 1. The molecule has 8 heteroatoms. The molecule has 1 aromatic rings. The Hall–Kier alpha value is -0.350. The van der Waals surface area contributed by atoms with Crippen LogP contribution in [0.2, 0.25) is 0 Å². The second-order valence-corrected chi connectivity index (χ2v) is 8.23. The highest BCUT2D eigenvalue weighted by molar-refractivity contribution is 14.0. The maximum atomic E-state index is 11.5. The monoisotopic (exact) mass is 528 g/mol. The number of hydrogen-bond acceptors (Lipinski definition) is 3. The molecular weight excluding hydrogens is 503 g/mol. The molecule has 24 heavy (non-hydrogen) atoms. The van der Waals surface area contributed by atoms with Crippen molar-refractivity contribution in [2.24, 2.45) is 10.9 Å². The van der Waals surface area contributed by atoms with Gasteiger partial charge < -0.3 is 15.5 Å². The lowest BCUT2D eigenvalue weighted by Crippen LogP contribution is -2.46. The lowest BCUT2D eigenvalue weighted by atomic mass is 9.93. The van der Waals surface area contributed by atoms with E-state index in [0.717, 1.165) is 42.2 Å². The second kappa shape index (κ2) is 11.3. The molecule has 2 N–H and O–H groups in total. The summed E-state index contributed by atoms with van der Waals surface area (Å²) in [5, 5.41) is 6.10. The molecule has 0 unspecified atom stereocenters. The number of nitrogens with one attached hydrogen (secondary N) is 2. The molecule has 0 atom stereocenters. The molecule has 1 fully saturated rings. The van der Waals surface area contributed by atoms with E-state index in [4.69, 9.17) is 4.99 Å². The van der Waals surface area contributed by atoms with Gasteiger partial charge in [-0.25, -0.2) is 4.99 Å². The summed E-state index contributed by atoms with van der Waals surface area (Å²) >= 11 is 5.21. The molecule has 0 bridgehead atoms. The number of thiophene rings is 1. The summed E-state index contributed by atoms with van der Waals surface area (Å²) in [5.41, 5.74) is 0. The normalized spacial score (nSPS) is 15.8. The fourth-order valence-corrected chi connectivity index (χ4v) is 4.14. The summed E-state index contributed by atoms with van der Waals surface area (Å²) in [6, 6.07) is 4.17. The van der Waals surface area contributed by atoms with Crippen LogP contribution < -0.4 is 10.6 Å². The zero-order valence-corrected chi connectivity index (χ0v) is 18.9. The fraction of sp³-hybridized carbons (Fsp3) is 0.625. The third kappa shape index (κ3) is 6.87. The van der Waals surface area contributed by atoms with Crippen molar-refractivity contribution in [2.45, 2.75) is 32.7 Å². The van der Waals surface area contributed by atoms with Gasteiger partial charge in [0.2, 0.25) is 5.91 Å². The van der Waals surface area contributed by atoms with Gasteiger partial charge in [0.05, 0.1) is 10.3 Å². The topological polar surface area (TPSA) is 56.7 Å². The maximum Gasteiger partial charge on any atom is 0.220 e. The average molecular weight is 529 g/mol. The molecule has 0 aromatic carbocycles. The molecule has 1 amide bonds. The molecule has 0 radical (unpaired) electrons. The van der Waals surface area contributed by atoms with Gasteiger partial charge in [-0.2, -0.15) is 0 Å². The van der Waals surface area contributed by atoms with Crippen LogP contribution in [0, 0.1) is 5.92 Å². The fourth-order valence-electron chi connectivity index (χ4n) is 2.73. The number of hydrogen-bond donors (Lipinski definition) is 2. The first-order chi connectivity index (χ1) is 11.1. The SMILES string of the molecule is CCNC(=NCc1ccc(Br)s1)N1CCC(CC(=O)NC)CC1.I. The van der Waals surface area contributed by atoms with Gasteiger partial charge in [-0.1, -0.05) is 0 Å². The molecule has 0 saturated carbocycles. The number of rotatable bonds is 5. The van der Waals surface area contributed by atoms with E-state index < -0.39 is 0 Å². The smallest absolute Gasteiger partial charge is 0.220 e. The number of aliphatic imine (C=N–C) groups is 1. The second-order valence-electron chi connectivity index (χ2n) is 5.68. The Labute approximate surface area is 173 Å². The Bertz CT molecular complexity index is 544. The van der Waals surface area contributed by atoms with E-state index in [1.54, 1.807) is 18.4 Å². The van der Waals surface area contributed by atoms with Gasteiger partial charge in [0, 0.05) is 38.0 Å². The predicted molar refractivity (Wildman–Crippen MR) is 115 cm³/mol. The molecule has 1 aromatic heterocycles. The third-order valence-electron chi connectivity index (χ3n) is 4.02.